The quantitative estimate of drug-likeness (QED) is 0.609. The second-order valence-electron chi connectivity index (χ2n) is 5.51. The van der Waals surface area contributed by atoms with Gasteiger partial charge in [-0.2, -0.15) is 0 Å². The summed E-state index contributed by atoms with van der Waals surface area (Å²) in [4.78, 5) is 0. The number of benzene rings is 1. The standard InChI is InChI=1S/C14H19F2NOS/c1-10(17-19(18)13(2,3)4)11-7-6-8-12(9-11)14(5,15)16/h6-9H,1-5H3/b17-10+. The summed E-state index contributed by atoms with van der Waals surface area (Å²) in [5.74, 6) is -2.89. The molecule has 0 bridgehead atoms. The largest absolute Gasteiger partial charge is 0.591 e. The van der Waals surface area contributed by atoms with Crippen molar-refractivity contribution >= 4 is 17.1 Å². The van der Waals surface area contributed by atoms with Gasteiger partial charge in [-0.05, 0) is 33.8 Å². The van der Waals surface area contributed by atoms with Crippen molar-refractivity contribution in [2.45, 2.75) is 45.3 Å². The molecule has 0 saturated carbocycles. The van der Waals surface area contributed by atoms with Gasteiger partial charge in [-0.15, -0.1) is 0 Å². The van der Waals surface area contributed by atoms with E-state index in [2.05, 4.69) is 4.40 Å². The zero-order valence-corrected chi connectivity index (χ0v) is 12.6. The molecule has 106 valence electrons. The number of alkyl halides is 2. The van der Waals surface area contributed by atoms with Gasteiger partial charge in [0.25, 0.3) is 5.92 Å². The Labute approximate surface area is 116 Å². The summed E-state index contributed by atoms with van der Waals surface area (Å²) in [6, 6.07) is 6.01. The third kappa shape index (κ3) is 4.58. The Morgan fingerprint density at radius 2 is 1.79 bits per heavy atom. The van der Waals surface area contributed by atoms with Crippen LogP contribution in [0.2, 0.25) is 0 Å². The van der Waals surface area contributed by atoms with Crippen molar-refractivity contribution in [2.24, 2.45) is 4.40 Å². The molecule has 0 N–H and O–H groups in total. The molecule has 0 amide bonds. The Kier molecular flexibility index (Phi) is 4.74. The van der Waals surface area contributed by atoms with E-state index in [4.69, 9.17) is 0 Å². The van der Waals surface area contributed by atoms with Crippen LogP contribution < -0.4 is 0 Å². The summed E-state index contributed by atoms with van der Waals surface area (Å²) in [7, 11) is 0. The van der Waals surface area contributed by atoms with Crippen molar-refractivity contribution < 1.29 is 13.3 Å². The average Bonchev–Trinajstić information content (AvgIpc) is 2.26. The van der Waals surface area contributed by atoms with Crippen LogP contribution in [0.25, 0.3) is 0 Å². The van der Waals surface area contributed by atoms with E-state index in [-0.39, 0.29) is 5.56 Å². The highest BCUT2D eigenvalue weighted by atomic mass is 32.2. The number of rotatable bonds is 3. The second kappa shape index (κ2) is 5.59. The van der Waals surface area contributed by atoms with E-state index >= 15 is 0 Å². The van der Waals surface area contributed by atoms with E-state index in [1.807, 2.05) is 20.8 Å². The van der Waals surface area contributed by atoms with Gasteiger partial charge in [0.05, 0.1) is 5.71 Å². The molecule has 1 aromatic carbocycles. The van der Waals surface area contributed by atoms with Crippen LogP contribution >= 0.6 is 0 Å². The van der Waals surface area contributed by atoms with Crippen LogP contribution in [0.5, 0.6) is 0 Å². The molecule has 1 atom stereocenters. The Morgan fingerprint density at radius 1 is 1.21 bits per heavy atom. The van der Waals surface area contributed by atoms with E-state index in [0.717, 1.165) is 6.92 Å². The molecular weight excluding hydrogens is 268 g/mol. The van der Waals surface area contributed by atoms with Gasteiger partial charge in [0.1, 0.15) is 16.1 Å². The number of hydrogen-bond acceptors (Lipinski definition) is 2. The van der Waals surface area contributed by atoms with Crippen LogP contribution in [-0.4, -0.2) is 15.0 Å². The smallest absolute Gasteiger partial charge is 0.270 e. The molecule has 1 aromatic rings. The van der Waals surface area contributed by atoms with Crippen molar-refractivity contribution in [3.05, 3.63) is 35.4 Å². The molecule has 0 heterocycles. The van der Waals surface area contributed by atoms with Gasteiger partial charge in [-0.3, -0.25) is 0 Å². The van der Waals surface area contributed by atoms with E-state index in [0.29, 0.717) is 11.3 Å². The van der Waals surface area contributed by atoms with Gasteiger partial charge >= 0.3 is 0 Å². The Morgan fingerprint density at radius 3 is 2.26 bits per heavy atom. The van der Waals surface area contributed by atoms with Gasteiger partial charge in [-0.25, -0.2) is 8.78 Å². The second-order valence-corrected chi connectivity index (χ2v) is 7.41. The molecule has 0 aromatic heterocycles. The molecule has 0 aliphatic rings. The normalized spacial score (nSPS) is 15.5. The minimum absolute atomic E-state index is 0.0684. The molecule has 0 radical (unpaired) electrons. The van der Waals surface area contributed by atoms with Crippen LogP contribution in [0.3, 0.4) is 0 Å². The molecular formula is C14H19F2NOS. The molecule has 0 aliphatic heterocycles. The van der Waals surface area contributed by atoms with Gasteiger partial charge in [0, 0.05) is 18.1 Å². The van der Waals surface area contributed by atoms with Crippen molar-refractivity contribution in [1.82, 2.24) is 0 Å². The van der Waals surface area contributed by atoms with E-state index < -0.39 is 22.0 Å². The molecule has 1 rings (SSSR count). The highest BCUT2D eigenvalue weighted by Gasteiger charge is 2.27. The molecule has 0 fully saturated rings. The first kappa shape index (κ1) is 16.1. The summed E-state index contributed by atoms with van der Waals surface area (Å²) in [5.41, 5.74) is 0.997. The van der Waals surface area contributed by atoms with Gasteiger partial charge in [0.15, 0.2) is 0 Å². The first-order valence-electron chi connectivity index (χ1n) is 5.98. The van der Waals surface area contributed by atoms with Gasteiger partial charge in [0.2, 0.25) is 0 Å². The average molecular weight is 287 g/mol. The molecule has 1 unspecified atom stereocenters. The predicted octanol–water partition coefficient (Wildman–Crippen LogP) is 4.07. The van der Waals surface area contributed by atoms with Gasteiger partial charge in [-0.1, -0.05) is 22.6 Å². The topological polar surface area (TPSA) is 35.4 Å². The maximum absolute atomic E-state index is 13.2. The molecule has 0 saturated heterocycles. The maximum Gasteiger partial charge on any atom is 0.270 e. The summed E-state index contributed by atoms with van der Waals surface area (Å²) in [6.45, 7) is 7.98. The summed E-state index contributed by atoms with van der Waals surface area (Å²) < 4.78 is 42.0. The van der Waals surface area contributed by atoms with Crippen LogP contribution in [0.4, 0.5) is 8.78 Å². The lowest BCUT2D eigenvalue weighted by Gasteiger charge is -2.19. The fourth-order valence-electron chi connectivity index (χ4n) is 1.33. The monoisotopic (exact) mass is 287 g/mol. The molecule has 5 heteroatoms. The minimum atomic E-state index is -2.89. The lowest BCUT2D eigenvalue weighted by atomic mass is 10.0. The zero-order valence-electron chi connectivity index (χ0n) is 11.8. The first-order chi connectivity index (χ1) is 8.51. The SMILES string of the molecule is C/C(=N\[S+]([O-])C(C)(C)C)c1cccc(C(C)(F)F)c1. The van der Waals surface area contributed by atoms with Gasteiger partial charge < -0.3 is 4.55 Å². The Balaban J connectivity index is 3.07. The van der Waals surface area contributed by atoms with Crippen molar-refractivity contribution in [2.75, 3.05) is 0 Å². The number of hydrogen-bond donors (Lipinski definition) is 0. The fraction of sp³-hybridized carbons (Fsp3) is 0.500. The summed E-state index contributed by atoms with van der Waals surface area (Å²) in [6.07, 6.45) is 0. The first-order valence-corrected chi connectivity index (χ1v) is 7.08. The van der Waals surface area contributed by atoms with Crippen LogP contribution in [0.15, 0.2) is 28.7 Å². The molecule has 0 spiro atoms. The van der Waals surface area contributed by atoms with Crippen LogP contribution in [0.1, 0.15) is 45.7 Å². The van der Waals surface area contributed by atoms with E-state index in [1.165, 1.54) is 12.1 Å². The summed E-state index contributed by atoms with van der Waals surface area (Å²) in [5, 5.41) is 0. The van der Waals surface area contributed by atoms with Crippen molar-refractivity contribution in [3.63, 3.8) is 0 Å². The minimum Gasteiger partial charge on any atom is -0.591 e. The van der Waals surface area contributed by atoms with Crippen molar-refractivity contribution in [1.29, 1.82) is 0 Å². The van der Waals surface area contributed by atoms with E-state index in [1.54, 1.807) is 19.1 Å². The van der Waals surface area contributed by atoms with Crippen LogP contribution in [0, 0.1) is 0 Å². The number of halogens is 2. The Hall–Kier alpha value is -0.940. The third-order valence-electron chi connectivity index (χ3n) is 2.53. The highest BCUT2D eigenvalue weighted by Crippen LogP contribution is 2.27. The highest BCUT2D eigenvalue weighted by molar-refractivity contribution is 7.91. The molecule has 19 heavy (non-hydrogen) atoms. The van der Waals surface area contributed by atoms with E-state index in [9.17, 15) is 13.3 Å². The lowest BCUT2D eigenvalue weighted by Crippen LogP contribution is -2.26. The predicted molar refractivity (Wildman–Crippen MR) is 76.1 cm³/mol. The van der Waals surface area contributed by atoms with Crippen molar-refractivity contribution in [3.8, 4) is 0 Å². The van der Waals surface area contributed by atoms with Crippen LogP contribution in [-0.2, 0) is 17.3 Å². The fourth-order valence-corrected chi connectivity index (χ4v) is 1.96. The summed E-state index contributed by atoms with van der Waals surface area (Å²) >= 11 is -1.40. The maximum atomic E-state index is 13.2. The molecule has 2 nitrogen and oxygen atoms in total. The Bertz CT molecular complexity index is 475. The molecule has 0 aliphatic carbocycles. The lowest BCUT2D eigenvalue weighted by molar-refractivity contribution is 0.0174. The number of nitrogens with zero attached hydrogens (tertiary/aromatic N) is 1. The zero-order chi connectivity index (χ0) is 14.8. The third-order valence-corrected chi connectivity index (χ3v) is 4.02.